The van der Waals surface area contributed by atoms with E-state index in [4.69, 9.17) is 0 Å². The Kier molecular flexibility index (Phi) is 4.98. The minimum absolute atomic E-state index is 0.0872. The van der Waals surface area contributed by atoms with Gasteiger partial charge < -0.3 is 9.80 Å². The Morgan fingerprint density at radius 2 is 1.57 bits per heavy atom. The molecule has 0 radical (unpaired) electrons. The largest absolute Gasteiger partial charge is 0.369 e. The maximum absolute atomic E-state index is 12.3. The molecule has 0 aliphatic carbocycles. The Labute approximate surface area is 168 Å². The van der Waals surface area contributed by atoms with Gasteiger partial charge in [0, 0.05) is 50.9 Å². The predicted octanol–water partition coefficient (Wildman–Crippen LogP) is 4.04. The van der Waals surface area contributed by atoms with Crippen molar-refractivity contribution in [3.05, 3.63) is 66.2 Å². The topological polar surface area (TPSA) is 26.8 Å². The van der Waals surface area contributed by atoms with Crippen molar-refractivity contribution in [3.8, 4) is 0 Å². The van der Waals surface area contributed by atoms with Crippen molar-refractivity contribution in [2.75, 3.05) is 42.5 Å². The molecular formula is C24H29N3O. The average Bonchev–Trinajstić information content (AvgIpc) is 2.68. The van der Waals surface area contributed by atoms with Gasteiger partial charge in [0.1, 0.15) is 0 Å². The summed E-state index contributed by atoms with van der Waals surface area (Å²) in [6.07, 6.45) is 2.28. The summed E-state index contributed by atoms with van der Waals surface area (Å²) in [5, 5.41) is 0. The van der Waals surface area contributed by atoms with E-state index in [1.807, 2.05) is 11.0 Å². The SMILES string of the molecule is CC(=O)N1c2ccccc2C(CN2CCN(c3ccccc3)CC2)=CC1(C)C. The van der Waals surface area contributed by atoms with Crippen LogP contribution >= 0.6 is 0 Å². The van der Waals surface area contributed by atoms with Crippen molar-refractivity contribution >= 4 is 22.9 Å². The van der Waals surface area contributed by atoms with E-state index >= 15 is 0 Å². The number of para-hydroxylation sites is 2. The van der Waals surface area contributed by atoms with Gasteiger partial charge in [-0.15, -0.1) is 0 Å². The number of hydrogen-bond donors (Lipinski definition) is 0. The number of rotatable bonds is 3. The zero-order valence-corrected chi connectivity index (χ0v) is 17.1. The highest BCUT2D eigenvalue weighted by atomic mass is 16.2. The molecule has 0 atom stereocenters. The first-order valence-electron chi connectivity index (χ1n) is 10.1. The molecule has 0 N–H and O–H groups in total. The fraction of sp³-hybridized carbons (Fsp3) is 0.375. The first kappa shape index (κ1) is 18.8. The second kappa shape index (κ2) is 7.44. The van der Waals surface area contributed by atoms with Crippen molar-refractivity contribution in [1.82, 2.24) is 4.90 Å². The molecule has 4 nitrogen and oxygen atoms in total. The molecule has 1 amide bonds. The lowest BCUT2D eigenvalue weighted by Gasteiger charge is -2.43. The van der Waals surface area contributed by atoms with Crippen LogP contribution in [0.3, 0.4) is 0 Å². The van der Waals surface area contributed by atoms with Crippen LogP contribution in [-0.2, 0) is 4.79 Å². The first-order chi connectivity index (χ1) is 13.5. The molecule has 4 heteroatoms. The van der Waals surface area contributed by atoms with E-state index < -0.39 is 0 Å². The predicted molar refractivity (Wildman–Crippen MR) is 117 cm³/mol. The zero-order valence-electron chi connectivity index (χ0n) is 17.1. The molecular weight excluding hydrogens is 346 g/mol. The molecule has 2 aliphatic heterocycles. The summed E-state index contributed by atoms with van der Waals surface area (Å²) >= 11 is 0. The molecule has 2 aromatic carbocycles. The van der Waals surface area contributed by atoms with E-state index in [-0.39, 0.29) is 11.4 Å². The highest BCUT2D eigenvalue weighted by Crippen LogP contribution is 2.39. The summed E-state index contributed by atoms with van der Waals surface area (Å²) in [5.41, 5.74) is 4.53. The van der Waals surface area contributed by atoms with E-state index in [2.05, 4.69) is 78.3 Å². The summed E-state index contributed by atoms with van der Waals surface area (Å²) in [4.78, 5) is 19.2. The molecule has 2 heterocycles. The van der Waals surface area contributed by atoms with Gasteiger partial charge in [-0.25, -0.2) is 0 Å². The van der Waals surface area contributed by atoms with Gasteiger partial charge in [0.05, 0.1) is 11.2 Å². The van der Waals surface area contributed by atoms with Gasteiger partial charge in [-0.2, -0.15) is 0 Å². The molecule has 0 saturated carbocycles. The fourth-order valence-corrected chi connectivity index (χ4v) is 4.57. The number of amides is 1. The molecule has 0 spiro atoms. The molecule has 0 aromatic heterocycles. The van der Waals surface area contributed by atoms with Crippen LogP contribution < -0.4 is 9.80 Å². The minimum atomic E-state index is -0.318. The van der Waals surface area contributed by atoms with Crippen molar-refractivity contribution in [2.45, 2.75) is 26.3 Å². The van der Waals surface area contributed by atoms with E-state index in [0.29, 0.717) is 0 Å². The molecule has 4 rings (SSSR count). The van der Waals surface area contributed by atoms with Gasteiger partial charge in [0.25, 0.3) is 0 Å². The van der Waals surface area contributed by atoms with Gasteiger partial charge in [-0.05, 0) is 37.6 Å². The van der Waals surface area contributed by atoms with Crippen molar-refractivity contribution < 1.29 is 4.79 Å². The van der Waals surface area contributed by atoms with Crippen LogP contribution in [-0.4, -0.2) is 49.1 Å². The second-order valence-corrected chi connectivity index (χ2v) is 8.29. The van der Waals surface area contributed by atoms with Crippen LogP contribution in [0.15, 0.2) is 60.7 Å². The molecule has 28 heavy (non-hydrogen) atoms. The van der Waals surface area contributed by atoms with Crippen molar-refractivity contribution in [3.63, 3.8) is 0 Å². The number of carbonyl (C=O) groups is 1. The monoisotopic (exact) mass is 375 g/mol. The van der Waals surface area contributed by atoms with Crippen LogP contribution in [0.1, 0.15) is 26.3 Å². The van der Waals surface area contributed by atoms with Crippen LogP contribution in [0, 0.1) is 0 Å². The summed E-state index contributed by atoms with van der Waals surface area (Å²) in [7, 11) is 0. The zero-order chi connectivity index (χ0) is 19.7. The first-order valence-corrected chi connectivity index (χ1v) is 10.1. The quantitative estimate of drug-likeness (QED) is 0.810. The molecule has 2 aromatic rings. The third-order valence-corrected chi connectivity index (χ3v) is 5.80. The second-order valence-electron chi connectivity index (χ2n) is 8.29. The van der Waals surface area contributed by atoms with Gasteiger partial charge >= 0.3 is 0 Å². The lowest BCUT2D eigenvalue weighted by atomic mass is 9.87. The molecule has 2 aliphatic rings. The Balaban J connectivity index is 1.52. The highest BCUT2D eigenvalue weighted by Gasteiger charge is 2.35. The van der Waals surface area contributed by atoms with Crippen molar-refractivity contribution in [1.29, 1.82) is 0 Å². The van der Waals surface area contributed by atoms with E-state index in [9.17, 15) is 4.79 Å². The molecule has 1 fully saturated rings. The van der Waals surface area contributed by atoms with Gasteiger partial charge in [0.2, 0.25) is 5.91 Å². The summed E-state index contributed by atoms with van der Waals surface area (Å²) in [6, 6.07) is 19.0. The van der Waals surface area contributed by atoms with E-state index in [1.54, 1.807) is 6.92 Å². The number of carbonyl (C=O) groups excluding carboxylic acids is 1. The molecule has 1 saturated heterocycles. The van der Waals surface area contributed by atoms with E-state index in [1.165, 1.54) is 16.8 Å². The number of piperazine rings is 1. The maximum atomic E-state index is 12.3. The maximum Gasteiger partial charge on any atom is 0.224 e. The molecule has 146 valence electrons. The van der Waals surface area contributed by atoms with Crippen LogP contribution in [0.5, 0.6) is 0 Å². The summed E-state index contributed by atoms with van der Waals surface area (Å²) in [6.45, 7) is 11.0. The van der Waals surface area contributed by atoms with Gasteiger partial charge in [-0.3, -0.25) is 9.69 Å². The number of anilines is 2. The van der Waals surface area contributed by atoms with E-state index in [0.717, 1.165) is 38.4 Å². The minimum Gasteiger partial charge on any atom is -0.369 e. The summed E-state index contributed by atoms with van der Waals surface area (Å²) in [5.74, 6) is 0.0872. The van der Waals surface area contributed by atoms with Gasteiger partial charge in [0.15, 0.2) is 0 Å². The third kappa shape index (κ3) is 3.57. The molecule has 0 unspecified atom stereocenters. The van der Waals surface area contributed by atoms with Crippen LogP contribution in [0.25, 0.3) is 5.57 Å². The summed E-state index contributed by atoms with van der Waals surface area (Å²) < 4.78 is 0. The number of benzene rings is 2. The number of hydrogen-bond acceptors (Lipinski definition) is 3. The van der Waals surface area contributed by atoms with Gasteiger partial charge in [-0.1, -0.05) is 42.5 Å². The number of nitrogens with zero attached hydrogens (tertiary/aromatic N) is 3. The standard InChI is InChI=1S/C24H29N3O/c1-19(28)27-23-12-8-7-11-22(23)20(17-24(27,2)3)18-25-13-15-26(16-14-25)21-9-5-4-6-10-21/h4-12,17H,13-16,18H2,1-3H3. The average molecular weight is 376 g/mol. The Morgan fingerprint density at radius 1 is 0.929 bits per heavy atom. The van der Waals surface area contributed by atoms with Crippen LogP contribution in [0.2, 0.25) is 0 Å². The lowest BCUT2D eigenvalue weighted by Crippen LogP contribution is -2.50. The fourth-order valence-electron chi connectivity index (χ4n) is 4.57. The highest BCUT2D eigenvalue weighted by molar-refractivity contribution is 5.99. The Morgan fingerprint density at radius 3 is 2.25 bits per heavy atom. The van der Waals surface area contributed by atoms with Crippen molar-refractivity contribution in [2.24, 2.45) is 0 Å². The Bertz CT molecular complexity index is 880. The number of fused-ring (bicyclic) bond motifs is 1. The van der Waals surface area contributed by atoms with Crippen LogP contribution in [0.4, 0.5) is 11.4 Å². The Hall–Kier alpha value is -2.59. The molecule has 0 bridgehead atoms. The normalized spacial score (nSPS) is 19.2. The third-order valence-electron chi connectivity index (χ3n) is 5.80. The smallest absolute Gasteiger partial charge is 0.224 e. The lowest BCUT2D eigenvalue weighted by molar-refractivity contribution is -0.117.